The van der Waals surface area contributed by atoms with Crippen LogP contribution in [0.3, 0.4) is 0 Å². The molecule has 0 aromatic carbocycles. The summed E-state index contributed by atoms with van der Waals surface area (Å²) in [6, 6.07) is -0.0129. The molecule has 10 nitrogen and oxygen atoms in total. The number of hydrogen-bond donors (Lipinski definition) is 1. The first-order valence-electron chi connectivity index (χ1n) is 12.7. The van der Waals surface area contributed by atoms with E-state index in [0.717, 1.165) is 32.2 Å². The van der Waals surface area contributed by atoms with Crippen LogP contribution in [0.15, 0.2) is 12.4 Å². The van der Waals surface area contributed by atoms with Gasteiger partial charge in [-0.2, -0.15) is 0 Å². The predicted molar refractivity (Wildman–Crippen MR) is 135 cm³/mol. The number of unbranched alkanes of at least 4 members (excludes halogenated alkanes) is 1. The summed E-state index contributed by atoms with van der Waals surface area (Å²) < 4.78 is 37.9. The maximum Gasteiger partial charge on any atom is 0.407 e. The van der Waals surface area contributed by atoms with Crippen molar-refractivity contribution < 1.29 is 22.7 Å². The highest BCUT2D eigenvalue weighted by Gasteiger charge is 2.31. The Morgan fingerprint density at radius 3 is 2.43 bits per heavy atom. The molecule has 0 bridgehead atoms. The summed E-state index contributed by atoms with van der Waals surface area (Å²) in [6.07, 6.45) is 6.84. The van der Waals surface area contributed by atoms with Crippen molar-refractivity contribution in [1.29, 1.82) is 0 Å². The summed E-state index contributed by atoms with van der Waals surface area (Å²) in [4.78, 5) is 23.0. The van der Waals surface area contributed by atoms with E-state index in [-0.39, 0.29) is 23.8 Å². The zero-order valence-corrected chi connectivity index (χ0v) is 22.5. The van der Waals surface area contributed by atoms with E-state index in [1.807, 2.05) is 39.5 Å². The number of sulfonamides is 1. The molecule has 3 rings (SSSR count). The van der Waals surface area contributed by atoms with E-state index < -0.39 is 21.7 Å². The first-order valence-corrected chi connectivity index (χ1v) is 14.3. The minimum atomic E-state index is -3.15. The van der Waals surface area contributed by atoms with Crippen LogP contribution in [0.2, 0.25) is 0 Å². The summed E-state index contributed by atoms with van der Waals surface area (Å²) in [5.41, 5.74) is -0.526. The number of hydrogen-bond acceptors (Lipinski definition) is 8. The molecule has 0 radical (unpaired) electrons. The molecule has 2 fully saturated rings. The Balaban J connectivity index is 1.45. The lowest BCUT2D eigenvalue weighted by Crippen LogP contribution is -2.42. The van der Waals surface area contributed by atoms with Gasteiger partial charge in [-0.15, -0.1) is 0 Å². The van der Waals surface area contributed by atoms with Crippen molar-refractivity contribution in [3.8, 4) is 5.75 Å². The van der Waals surface area contributed by atoms with Gasteiger partial charge in [0.05, 0.1) is 30.3 Å². The van der Waals surface area contributed by atoms with Gasteiger partial charge in [0.15, 0.2) is 5.75 Å². The van der Waals surface area contributed by atoms with Gasteiger partial charge in [-0.3, -0.25) is 0 Å². The first kappa shape index (κ1) is 27.4. The van der Waals surface area contributed by atoms with Crippen LogP contribution in [0.25, 0.3) is 0 Å². The number of aromatic nitrogens is 2. The van der Waals surface area contributed by atoms with E-state index in [4.69, 9.17) is 9.47 Å². The third kappa shape index (κ3) is 8.20. The van der Waals surface area contributed by atoms with Crippen molar-refractivity contribution >= 4 is 22.1 Å². The lowest BCUT2D eigenvalue weighted by atomic mass is 9.93. The van der Waals surface area contributed by atoms with Crippen molar-refractivity contribution in [3.05, 3.63) is 12.4 Å². The second-order valence-electron chi connectivity index (χ2n) is 10.5. The van der Waals surface area contributed by atoms with E-state index in [1.165, 1.54) is 0 Å². The fourth-order valence-corrected chi connectivity index (χ4v) is 6.14. The molecule has 3 heterocycles. The molecular weight excluding hydrogens is 470 g/mol. The summed E-state index contributed by atoms with van der Waals surface area (Å²) in [7, 11) is -3.15. The Morgan fingerprint density at radius 1 is 1.17 bits per heavy atom. The van der Waals surface area contributed by atoms with Gasteiger partial charge in [-0.05, 0) is 59.3 Å². The summed E-state index contributed by atoms with van der Waals surface area (Å²) in [5.74, 6) is 1.72. The number of alkyl carbamates (subject to hydrolysis) is 1. The van der Waals surface area contributed by atoms with Crippen LogP contribution >= 0.6 is 0 Å². The van der Waals surface area contributed by atoms with Gasteiger partial charge in [-0.1, -0.05) is 13.3 Å². The molecule has 2 aliphatic rings. The highest BCUT2D eigenvalue weighted by molar-refractivity contribution is 7.89. The third-order valence-electron chi connectivity index (χ3n) is 6.44. The molecule has 2 atom stereocenters. The predicted octanol–water partition coefficient (Wildman–Crippen LogP) is 3.19. The van der Waals surface area contributed by atoms with Crippen LogP contribution in [0.1, 0.15) is 66.7 Å². The van der Waals surface area contributed by atoms with Gasteiger partial charge in [0.1, 0.15) is 5.60 Å². The zero-order chi connectivity index (χ0) is 25.6. The van der Waals surface area contributed by atoms with Gasteiger partial charge >= 0.3 is 6.09 Å². The normalized spacial score (nSPS) is 21.1. The van der Waals surface area contributed by atoms with Gasteiger partial charge in [0.25, 0.3) is 0 Å². The average Bonchev–Trinajstić information content (AvgIpc) is 3.25. The molecule has 0 spiro atoms. The second kappa shape index (κ2) is 11.7. The van der Waals surface area contributed by atoms with Crippen molar-refractivity contribution in [2.75, 3.05) is 36.8 Å². The largest absolute Gasteiger partial charge is 0.487 e. The standard InChI is InChI=1S/C24H41N5O5S/c1-6-7-14-35(31,32)29-12-8-19(9-13-29)18(2)33-21-15-25-22(26-16-21)28-11-10-20(17-28)27-23(30)34-24(3,4)5/h15-16,18-20H,6-14,17H2,1-5H3,(H,27,30)/t18-,20+/m0/s1. The number of nitrogens with zero attached hydrogens (tertiary/aromatic N) is 4. The second-order valence-corrected chi connectivity index (χ2v) is 12.6. The van der Waals surface area contributed by atoms with Crippen molar-refractivity contribution in [3.63, 3.8) is 0 Å². The molecule has 11 heteroatoms. The quantitative estimate of drug-likeness (QED) is 0.538. The number of rotatable bonds is 9. The van der Waals surface area contributed by atoms with Gasteiger partial charge in [-0.25, -0.2) is 27.5 Å². The van der Waals surface area contributed by atoms with Crippen molar-refractivity contribution in [2.24, 2.45) is 5.92 Å². The number of carbonyl (C=O) groups is 1. The molecule has 0 unspecified atom stereocenters. The molecule has 1 aromatic rings. The van der Waals surface area contributed by atoms with E-state index >= 15 is 0 Å². The molecule has 198 valence electrons. The van der Waals surface area contributed by atoms with E-state index in [0.29, 0.717) is 37.8 Å². The van der Waals surface area contributed by atoms with Crippen molar-refractivity contribution in [2.45, 2.75) is 84.5 Å². The molecule has 1 aromatic heterocycles. The Hall–Kier alpha value is -2.14. The van der Waals surface area contributed by atoms with E-state index in [9.17, 15) is 13.2 Å². The van der Waals surface area contributed by atoms with E-state index in [2.05, 4.69) is 15.3 Å². The van der Waals surface area contributed by atoms with Gasteiger partial charge in [0, 0.05) is 26.2 Å². The lowest BCUT2D eigenvalue weighted by Gasteiger charge is -2.34. The minimum absolute atomic E-state index is 0.0129. The molecule has 1 N–H and O–H groups in total. The molecule has 2 saturated heterocycles. The monoisotopic (exact) mass is 511 g/mol. The lowest BCUT2D eigenvalue weighted by molar-refractivity contribution is 0.0509. The Kier molecular flexibility index (Phi) is 9.20. The highest BCUT2D eigenvalue weighted by atomic mass is 32.2. The Labute approximate surface area is 209 Å². The van der Waals surface area contributed by atoms with Crippen molar-refractivity contribution in [1.82, 2.24) is 19.6 Å². The summed E-state index contributed by atoms with van der Waals surface area (Å²) in [5, 5.41) is 2.91. The van der Waals surface area contributed by atoms with Gasteiger partial charge in [0.2, 0.25) is 16.0 Å². The molecule has 0 aliphatic carbocycles. The number of piperidine rings is 1. The minimum Gasteiger partial charge on any atom is -0.487 e. The molecule has 0 saturated carbocycles. The smallest absolute Gasteiger partial charge is 0.407 e. The Morgan fingerprint density at radius 2 is 1.83 bits per heavy atom. The van der Waals surface area contributed by atoms with Crippen LogP contribution in [-0.2, 0) is 14.8 Å². The average molecular weight is 512 g/mol. The molecule has 35 heavy (non-hydrogen) atoms. The topological polar surface area (TPSA) is 114 Å². The fourth-order valence-electron chi connectivity index (χ4n) is 4.46. The van der Waals surface area contributed by atoms with Crippen LogP contribution in [0, 0.1) is 5.92 Å². The molecule has 2 aliphatic heterocycles. The zero-order valence-electron chi connectivity index (χ0n) is 21.7. The van der Waals surface area contributed by atoms with E-state index in [1.54, 1.807) is 16.7 Å². The molecule has 1 amide bonds. The number of ether oxygens (including phenoxy) is 2. The first-order chi connectivity index (χ1) is 16.5. The third-order valence-corrected chi connectivity index (χ3v) is 8.40. The highest BCUT2D eigenvalue weighted by Crippen LogP contribution is 2.26. The SMILES string of the molecule is CCCCS(=O)(=O)N1CCC([C@H](C)Oc2cnc(N3CC[C@@H](NC(=O)OC(C)(C)C)C3)nc2)CC1. The number of anilines is 1. The van der Waals surface area contributed by atoms with Crippen LogP contribution in [0.5, 0.6) is 5.75 Å². The maximum atomic E-state index is 12.4. The maximum absolute atomic E-state index is 12.4. The fraction of sp³-hybridized carbons (Fsp3) is 0.792. The van der Waals surface area contributed by atoms with Gasteiger partial charge < -0.3 is 19.7 Å². The molecular formula is C24H41N5O5S. The summed E-state index contributed by atoms with van der Waals surface area (Å²) in [6.45, 7) is 12.0. The van der Waals surface area contributed by atoms with Crippen LogP contribution in [-0.4, -0.2) is 78.5 Å². The number of amides is 1. The Bertz CT molecular complexity index is 927. The van der Waals surface area contributed by atoms with Crippen LogP contribution in [0.4, 0.5) is 10.7 Å². The number of carbonyl (C=O) groups excluding carboxylic acids is 1. The van der Waals surface area contributed by atoms with Crippen LogP contribution < -0.4 is 15.0 Å². The summed E-state index contributed by atoms with van der Waals surface area (Å²) >= 11 is 0. The number of nitrogens with one attached hydrogen (secondary N) is 1.